The fourth-order valence-electron chi connectivity index (χ4n) is 2.26. The van der Waals surface area contributed by atoms with Gasteiger partial charge in [0.25, 0.3) is 0 Å². The topological polar surface area (TPSA) is 45.6 Å². The number of amidine groups is 1. The zero-order chi connectivity index (χ0) is 14.7. The molecule has 0 atom stereocenters. The molecule has 108 valence electrons. The molecule has 4 nitrogen and oxygen atoms in total. The van der Waals surface area contributed by atoms with Crippen molar-refractivity contribution in [3.05, 3.63) is 53.8 Å². The second kappa shape index (κ2) is 5.83. The van der Waals surface area contributed by atoms with E-state index in [1.807, 2.05) is 30.3 Å². The third-order valence-corrected chi connectivity index (χ3v) is 3.29. The van der Waals surface area contributed by atoms with Crippen LogP contribution < -0.4 is 15.4 Å². The molecular formula is C16H16FN3O. The second-order valence-corrected chi connectivity index (χ2v) is 4.67. The molecule has 0 fully saturated rings. The van der Waals surface area contributed by atoms with Gasteiger partial charge in [0.2, 0.25) is 0 Å². The zero-order valence-electron chi connectivity index (χ0n) is 11.7. The summed E-state index contributed by atoms with van der Waals surface area (Å²) in [5.74, 6) is 1.09. The van der Waals surface area contributed by atoms with E-state index in [4.69, 9.17) is 4.74 Å². The van der Waals surface area contributed by atoms with E-state index in [-0.39, 0.29) is 5.82 Å². The van der Waals surface area contributed by atoms with Crippen LogP contribution in [0.2, 0.25) is 0 Å². The molecule has 0 spiro atoms. The molecule has 0 aliphatic carbocycles. The first-order chi connectivity index (χ1) is 10.3. The van der Waals surface area contributed by atoms with E-state index in [0.29, 0.717) is 23.6 Å². The number of anilines is 2. The predicted octanol–water partition coefficient (Wildman–Crippen LogP) is 2.93. The van der Waals surface area contributed by atoms with Gasteiger partial charge in [0, 0.05) is 12.2 Å². The summed E-state index contributed by atoms with van der Waals surface area (Å²) in [4.78, 5) is 4.30. The minimum Gasteiger partial charge on any atom is -0.497 e. The standard InChI is InChI=1S/C16H16FN3O/c1-21-12-7-5-11(6-8-12)20-14-4-2-3-13(17)15(14)16-18-9-10-19-16/h2-8,20H,9-10H2,1H3,(H,18,19). The number of nitrogens with one attached hydrogen (secondary N) is 2. The van der Waals surface area contributed by atoms with Crippen molar-refractivity contribution < 1.29 is 9.13 Å². The number of benzene rings is 2. The highest BCUT2D eigenvalue weighted by Gasteiger charge is 2.17. The summed E-state index contributed by atoms with van der Waals surface area (Å²) in [6.07, 6.45) is 0. The molecule has 1 heterocycles. The van der Waals surface area contributed by atoms with Gasteiger partial charge in [0.15, 0.2) is 0 Å². The highest BCUT2D eigenvalue weighted by molar-refractivity contribution is 6.05. The molecule has 0 amide bonds. The lowest BCUT2D eigenvalue weighted by Crippen LogP contribution is -2.21. The summed E-state index contributed by atoms with van der Waals surface area (Å²) < 4.78 is 19.3. The van der Waals surface area contributed by atoms with E-state index >= 15 is 0 Å². The Balaban J connectivity index is 1.92. The first-order valence-electron chi connectivity index (χ1n) is 6.76. The molecule has 0 unspecified atom stereocenters. The predicted molar refractivity (Wildman–Crippen MR) is 82.1 cm³/mol. The van der Waals surface area contributed by atoms with E-state index in [9.17, 15) is 4.39 Å². The van der Waals surface area contributed by atoms with Crippen molar-refractivity contribution in [3.8, 4) is 5.75 Å². The number of nitrogens with zero attached hydrogens (tertiary/aromatic N) is 1. The van der Waals surface area contributed by atoms with Gasteiger partial charge in [-0.3, -0.25) is 4.99 Å². The number of halogens is 1. The van der Waals surface area contributed by atoms with Gasteiger partial charge >= 0.3 is 0 Å². The third-order valence-electron chi connectivity index (χ3n) is 3.29. The van der Waals surface area contributed by atoms with Crippen LogP contribution in [0.1, 0.15) is 5.56 Å². The van der Waals surface area contributed by atoms with Gasteiger partial charge in [0.05, 0.1) is 24.9 Å². The fourth-order valence-corrected chi connectivity index (χ4v) is 2.26. The molecule has 0 saturated heterocycles. The van der Waals surface area contributed by atoms with E-state index < -0.39 is 0 Å². The minimum atomic E-state index is -0.290. The number of aliphatic imine (C=N–C) groups is 1. The smallest absolute Gasteiger partial charge is 0.136 e. The highest BCUT2D eigenvalue weighted by atomic mass is 19.1. The van der Waals surface area contributed by atoms with Crippen molar-refractivity contribution in [1.82, 2.24) is 5.32 Å². The first-order valence-corrected chi connectivity index (χ1v) is 6.76. The summed E-state index contributed by atoms with van der Waals surface area (Å²) in [6, 6.07) is 12.4. The number of hydrogen-bond acceptors (Lipinski definition) is 4. The molecule has 2 N–H and O–H groups in total. The fraction of sp³-hybridized carbons (Fsp3) is 0.188. The lowest BCUT2D eigenvalue weighted by Gasteiger charge is -2.13. The van der Waals surface area contributed by atoms with Crippen molar-refractivity contribution in [3.63, 3.8) is 0 Å². The monoisotopic (exact) mass is 285 g/mol. The van der Waals surface area contributed by atoms with Crippen molar-refractivity contribution in [2.75, 3.05) is 25.5 Å². The summed E-state index contributed by atoms with van der Waals surface area (Å²) in [6.45, 7) is 1.41. The third kappa shape index (κ3) is 2.81. The molecule has 0 bridgehead atoms. The van der Waals surface area contributed by atoms with Crippen LogP contribution in [-0.4, -0.2) is 26.0 Å². The Morgan fingerprint density at radius 3 is 2.67 bits per heavy atom. The van der Waals surface area contributed by atoms with Crippen LogP contribution in [0.3, 0.4) is 0 Å². The molecule has 3 rings (SSSR count). The van der Waals surface area contributed by atoms with Gasteiger partial charge in [0.1, 0.15) is 17.4 Å². The van der Waals surface area contributed by atoms with Crippen LogP contribution >= 0.6 is 0 Å². The summed E-state index contributed by atoms with van der Waals surface area (Å²) >= 11 is 0. The maximum Gasteiger partial charge on any atom is 0.136 e. The molecular weight excluding hydrogens is 269 g/mol. The van der Waals surface area contributed by atoms with Gasteiger partial charge < -0.3 is 15.4 Å². The maximum absolute atomic E-state index is 14.1. The van der Waals surface area contributed by atoms with Crippen LogP contribution in [-0.2, 0) is 0 Å². The summed E-state index contributed by atoms with van der Waals surface area (Å²) in [5.41, 5.74) is 2.03. The van der Waals surface area contributed by atoms with Gasteiger partial charge in [-0.1, -0.05) is 6.07 Å². The first kappa shape index (κ1) is 13.4. The van der Waals surface area contributed by atoms with Gasteiger partial charge in [-0.25, -0.2) is 4.39 Å². The molecule has 21 heavy (non-hydrogen) atoms. The van der Waals surface area contributed by atoms with Crippen molar-refractivity contribution in [1.29, 1.82) is 0 Å². The quantitative estimate of drug-likeness (QED) is 0.908. The molecule has 0 radical (unpaired) electrons. The van der Waals surface area contributed by atoms with Gasteiger partial charge in [-0.05, 0) is 36.4 Å². The van der Waals surface area contributed by atoms with E-state index in [2.05, 4.69) is 15.6 Å². The number of ether oxygens (including phenoxy) is 1. The molecule has 2 aromatic carbocycles. The molecule has 0 saturated carbocycles. The Morgan fingerprint density at radius 2 is 2.00 bits per heavy atom. The molecule has 2 aromatic rings. The lowest BCUT2D eigenvalue weighted by atomic mass is 10.1. The van der Waals surface area contributed by atoms with Crippen LogP contribution in [0.5, 0.6) is 5.75 Å². The Kier molecular flexibility index (Phi) is 3.73. The van der Waals surface area contributed by atoms with E-state index in [1.165, 1.54) is 6.07 Å². The maximum atomic E-state index is 14.1. The van der Waals surface area contributed by atoms with E-state index in [1.54, 1.807) is 13.2 Å². The number of methoxy groups -OCH3 is 1. The van der Waals surface area contributed by atoms with Crippen molar-refractivity contribution >= 4 is 17.2 Å². The van der Waals surface area contributed by atoms with Crippen LogP contribution in [0, 0.1) is 5.82 Å². The number of hydrogen-bond donors (Lipinski definition) is 2. The second-order valence-electron chi connectivity index (χ2n) is 4.67. The number of rotatable bonds is 4. The Bertz CT molecular complexity index is 668. The molecule has 1 aliphatic rings. The van der Waals surface area contributed by atoms with Crippen LogP contribution in [0.4, 0.5) is 15.8 Å². The average molecular weight is 285 g/mol. The molecule has 1 aliphatic heterocycles. The lowest BCUT2D eigenvalue weighted by molar-refractivity contribution is 0.415. The van der Waals surface area contributed by atoms with Crippen molar-refractivity contribution in [2.24, 2.45) is 4.99 Å². The van der Waals surface area contributed by atoms with Crippen LogP contribution in [0.15, 0.2) is 47.5 Å². The SMILES string of the molecule is COc1ccc(Nc2cccc(F)c2C2=NCCN2)cc1. The highest BCUT2D eigenvalue weighted by Crippen LogP contribution is 2.25. The summed E-state index contributed by atoms with van der Waals surface area (Å²) in [7, 11) is 1.62. The van der Waals surface area contributed by atoms with Gasteiger partial charge in [-0.15, -0.1) is 0 Å². The minimum absolute atomic E-state index is 0.290. The molecule has 0 aromatic heterocycles. The zero-order valence-corrected chi connectivity index (χ0v) is 11.7. The Morgan fingerprint density at radius 1 is 1.19 bits per heavy atom. The van der Waals surface area contributed by atoms with Crippen molar-refractivity contribution in [2.45, 2.75) is 0 Å². The normalized spacial score (nSPS) is 13.5. The summed E-state index contributed by atoms with van der Waals surface area (Å²) in [5, 5.41) is 6.33. The van der Waals surface area contributed by atoms with Gasteiger partial charge in [-0.2, -0.15) is 0 Å². The van der Waals surface area contributed by atoms with E-state index in [0.717, 1.165) is 18.0 Å². The largest absolute Gasteiger partial charge is 0.497 e. The Hall–Kier alpha value is -2.56. The average Bonchev–Trinajstić information content (AvgIpc) is 3.02. The molecule has 5 heteroatoms. The van der Waals surface area contributed by atoms with Crippen LogP contribution in [0.25, 0.3) is 0 Å². The Labute approximate surface area is 122 Å².